The van der Waals surface area contributed by atoms with Crippen molar-refractivity contribution in [3.8, 4) is 0 Å². The lowest BCUT2D eigenvalue weighted by Crippen LogP contribution is -2.31. The molecule has 0 unspecified atom stereocenters. The third-order valence-corrected chi connectivity index (χ3v) is 4.62. The minimum atomic E-state index is -0.0679. The first-order chi connectivity index (χ1) is 11.0. The van der Waals surface area contributed by atoms with E-state index >= 15 is 0 Å². The van der Waals surface area contributed by atoms with E-state index in [1.54, 1.807) is 12.1 Å². The molecule has 0 aliphatic rings. The second-order valence-corrected chi connectivity index (χ2v) is 6.86. The second kappa shape index (κ2) is 7.92. The van der Waals surface area contributed by atoms with Gasteiger partial charge in [-0.3, -0.25) is 9.59 Å². The van der Waals surface area contributed by atoms with E-state index in [9.17, 15) is 9.59 Å². The van der Waals surface area contributed by atoms with Crippen LogP contribution in [0.2, 0.25) is 0 Å². The highest BCUT2D eigenvalue weighted by atomic mass is 32.1. The van der Waals surface area contributed by atoms with Crippen LogP contribution in [0.4, 0.5) is 0 Å². The first-order valence-electron chi connectivity index (χ1n) is 7.74. The molecule has 5 heteroatoms. The van der Waals surface area contributed by atoms with E-state index in [1.165, 1.54) is 11.3 Å². The summed E-state index contributed by atoms with van der Waals surface area (Å²) in [5.74, 6) is -0.134. The maximum atomic E-state index is 12.0. The Hall–Kier alpha value is -2.14. The summed E-state index contributed by atoms with van der Waals surface area (Å²) < 4.78 is 0. The summed E-state index contributed by atoms with van der Waals surface area (Å²) in [4.78, 5) is 25.8. The van der Waals surface area contributed by atoms with Crippen LogP contribution in [0.15, 0.2) is 36.4 Å². The molecule has 1 aromatic carbocycles. The Morgan fingerprint density at radius 2 is 1.78 bits per heavy atom. The number of carbonyl (C=O) groups is 2. The van der Waals surface area contributed by atoms with Gasteiger partial charge >= 0.3 is 0 Å². The van der Waals surface area contributed by atoms with Gasteiger partial charge in [-0.15, -0.1) is 11.3 Å². The molecular weight excluding hydrogens is 308 g/mol. The molecule has 0 radical (unpaired) electrons. The van der Waals surface area contributed by atoms with Gasteiger partial charge in [-0.25, -0.2) is 0 Å². The molecule has 2 rings (SSSR count). The molecular formula is C18H22N2O2S. The fourth-order valence-electron chi connectivity index (χ4n) is 2.01. The molecule has 0 bridgehead atoms. The van der Waals surface area contributed by atoms with Crippen molar-refractivity contribution in [3.05, 3.63) is 57.3 Å². The van der Waals surface area contributed by atoms with Gasteiger partial charge < -0.3 is 10.6 Å². The summed E-state index contributed by atoms with van der Waals surface area (Å²) in [6, 6.07) is 11.2. The fraction of sp³-hybridized carbons (Fsp3) is 0.333. The van der Waals surface area contributed by atoms with Crippen molar-refractivity contribution in [2.24, 2.45) is 0 Å². The van der Waals surface area contributed by atoms with Crippen LogP contribution in [0.5, 0.6) is 0 Å². The lowest BCUT2D eigenvalue weighted by Gasteiger charge is -2.11. The summed E-state index contributed by atoms with van der Waals surface area (Å²) >= 11 is 1.48. The molecule has 0 saturated heterocycles. The number of aryl methyl sites for hydroxylation is 1. The van der Waals surface area contributed by atoms with Crippen molar-refractivity contribution in [2.75, 3.05) is 0 Å². The zero-order valence-corrected chi connectivity index (χ0v) is 14.5. The minimum Gasteiger partial charge on any atom is -0.350 e. The average Bonchev–Trinajstić information content (AvgIpc) is 2.99. The number of rotatable bonds is 6. The molecule has 23 heavy (non-hydrogen) atoms. The molecule has 0 spiro atoms. The SMILES string of the molecule is CC[C@H](C)NC(=O)c1ccc(CNC(=O)c2ccc(C)s2)cc1. The predicted molar refractivity (Wildman–Crippen MR) is 93.9 cm³/mol. The molecule has 1 atom stereocenters. The largest absolute Gasteiger partial charge is 0.350 e. The Balaban J connectivity index is 1.90. The third kappa shape index (κ3) is 4.93. The number of hydrogen-bond donors (Lipinski definition) is 2. The number of amides is 2. The first kappa shape index (κ1) is 17.2. The molecule has 2 aromatic rings. The monoisotopic (exact) mass is 330 g/mol. The summed E-state index contributed by atoms with van der Waals surface area (Å²) in [6.45, 7) is 6.44. The van der Waals surface area contributed by atoms with Crippen LogP contribution >= 0.6 is 11.3 Å². The van der Waals surface area contributed by atoms with Crippen molar-refractivity contribution in [1.82, 2.24) is 10.6 Å². The van der Waals surface area contributed by atoms with Crippen LogP contribution in [0.25, 0.3) is 0 Å². The number of hydrogen-bond acceptors (Lipinski definition) is 3. The number of benzene rings is 1. The quantitative estimate of drug-likeness (QED) is 0.851. The zero-order valence-electron chi connectivity index (χ0n) is 13.7. The van der Waals surface area contributed by atoms with E-state index in [1.807, 2.05) is 45.0 Å². The van der Waals surface area contributed by atoms with Crippen molar-refractivity contribution in [2.45, 2.75) is 39.8 Å². The molecule has 2 N–H and O–H groups in total. The van der Waals surface area contributed by atoms with E-state index in [-0.39, 0.29) is 17.9 Å². The van der Waals surface area contributed by atoms with Gasteiger partial charge in [-0.2, -0.15) is 0 Å². The second-order valence-electron chi connectivity index (χ2n) is 5.57. The van der Waals surface area contributed by atoms with Crippen LogP contribution in [0.1, 0.15) is 50.7 Å². The van der Waals surface area contributed by atoms with E-state index in [0.717, 1.165) is 16.9 Å². The van der Waals surface area contributed by atoms with Gasteiger partial charge in [0.1, 0.15) is 0 Å². The summed E-state index contributed by atoms with van der Waals surface area (Å²) in [5.41, 5.74) is 1.60. The Kier molecular flexibility index (Phi) is 5.93. The minimum absolute atomic E-state index is 0.0657. The highest BCUT2D eigenvalue weighted by molar-refractivity contribution is 7.13. The molecule has 0 aliphatic heterocycles. The Morgan fingerprint density at radius 3 is 2.35 bits per heavy atom. The first-order valence-corrected chi connectivity index (χ1v) is 8.55. The smallest absolute Gasteiger partial charge is 0.261 e. The molecule has 1 aromatic heterocycles. The number of carbonyl (C=O) groups excluding carboxylic acids is 2. The van der Waals surface area contributed by atoms with Crippen molar-refractivity contribution >= 4 is 23.2 Å². The third-order valence-electron chi connectivity index (χ3n) is 3.62. The predicted octanol–water partition coefficient (Wildman–Crippen LogP) is 3.51. The van der Waals surface area contributed by atoms with Crippen molar-refractivity contribution in [3.63, 3.8) is 0 Å². The molecule has 1 heterocycles. The Labute approximate surface area is 140 Å². The molecule has 0 fully saturated rings. The number of nitrogens with one attached hydrogen (secondary N) is 2. The molecule has 4 nitrogen and oxygen atoms in total. The normalized spacial score (nSPS) is 11.8. The van der Waals surface area contributed by atoms with Crippen LogP contribution < -0.4 is 10.6 Å². The van der Waals surface area contributed by atoms with E-state index in [2.05, 4.69) is 10.6 Å². The van der Waals surface area contributed by atoms with Crippen molar-refractivity contribution in [1.29, 1.82) is 0 Å². The van der Waals surface area contributed by atoms with Gasteiger partial charge in [0.05, 0.1) is 4.88 Å². The lowest BCUT2D eigenvalue weighted by atomic mass is 10.1. The van der Waals surface area contributed by atoms with E-state index in [4.69, 9.17) is 0 Å². The van der Waals surface area contributed by atoms with Crippen LogP contribution in [0.3, 0.4) is 0 Å². The molecule has 122 valence electrons. The maximum Gasteiger partial charge on any atom is 0.261 e. The fourth-order valence-corrected chi connectivity index (χ4v) is 2.79. The Bertz CT molecular complexity index is 677. The molecule has 0 saturated carbocycles. The van der Waals surface area contributed by atoms with Gasteiger partial charge in [0, 0.05) is 23.0 Å². The maximum absolute atomic E-state index is 12.0. The average molecular weight is 330 g/mol. The summed E-state index contributed by atoms with van der Waals surface area (Å²) in [6.07, 6.45) is 0.901. The topological polar surface area (TPSA) is 58.2 Å². The molecule has 0 aliphatic carbocycles. The van der Waals surface area contributed by atoms with E-state index < -0.39 is 0 Å². The highest BCUT2D eigenvalue weighted by Gasteiger charge is 2.09. The van der Waals surface area contributed by atoms with E-state index in [0.29, 0.717) is 17.0 Å². The Morgan fingerprint density at radius 1 is 1.09 bits per heavy atom. The highest BCUT2D eigenvalue weighted by Crippen LogP contribution is 2.15. The van der Waals surface area contributed by atoms with Crippen LogP contribution in [-0.4, -0.2) is 17.9 Å². The van der Waals surface area contributed by atoms with Gasteiger partial charge in [-0.1, -0.05) is 19.1 Å². The molecule has 2 amide bonds. The van der Waals surface area contributed by atoms with Gasteiger partial charge in [0.2, 0.25) is 0 Å². The van der Waals surface area contributed by atoms with Crippen LogP contribution in [0, 0.1) is 6.92 Å². The lowest BCUT2D eigenvalue weighted by molar-refractivity contribution is 0.0935. The van der Waals surface area contributed by atoms with Crippen LogP contribution in [-0.2, 0) is 6.54 Å². The summed E-state index contributed by atoms with van der Waals surface area (Å²) in [5, 5.41) is 5.82. The number of thiophene rings is 1. The van der Waals surface area contributed by atoms with Gasteiger partial charge in [-0.05, 0) is 50.1 Å². The summed E-state index contributed by atoms with van der Waals surface area (Å²) in [7, 11) is 0. The standard InChI is InChI=1S/C18H22N2O2S/c1-4-12(2)20-17(21)15-8-6-14(7-9-15)11-19-18(22)16-10-5-13(3)23-16/h5-10,12H,4,11H2,1-3H3,(H,19,22)(H,20,21)/t12-/m0/s1. The van der Waals surface area contributed by atoms with Crippen molar-refractivity contribution < 1.29 is 9.59 Å². The van der Waals surface area contributed by atoms with Gasteiger partial charge in [0.15, 0.2) is 0 Å². The van der Waals surface area contributed by atoms with Gasteiger partial charge in [0.25, 0.3) is 11.8 Å². The zero-order chi connectivity index (χ0) is 16.8.